The fraction of sp³-hybridized carbons (Fsp3) is 0.300. The van der Waals surface area contributed by atoms with Crippen LogP contribution in [-0.2, 0) is 10.0 Å². The van der Waals surface area contributed by atoms with Gasteiger partial charge < -0.3 is 5.32 Å². The number of piperidine rings is 1. The van der Waals surface area contributed by atoms with Gasteiger partial charge in [0.1, 0.15) is 0 Å². The Bertz CT molecular complexity index is 1070. The Morgan fingerprint density at radius 3 is 2.73 bits per heavy atom. The van der Waals surface area contributed by atoms with Crippen molar-refractivity contribution >= 4 is 32.5 Å². The van der Waals surface area contributed by atoms with Gasteiger partial charge in [-0.1, -0.05) is 35.9 Å². The van der Waals surface area contributed by atoms with E-state index in [0.717, 1.165) is 42.4 Å². The van der Waals surface area contributed by atoms with Crippen LogP contribution in [0.4, 0.5) is 0 Å². The fourth-order valence-electron chi connectivity index (χ4n) is 3.66. The molecule has 26 heavy (non-hydrogen) atoms. The molecule has 3 aromatic rings. The van der Waals surface area contributed by atoms with E-state index in [-0.39, 0.29) is 4.90 Å². The summed E-state index contributed by atoms with van der Waals surface area (Å²) in [6, 6.07) is 12.6. The molecule has 6 heteroatoms. The molecule has 1 fully saturated rings. The summed E-state index contributed by atoms with van der Waals surface area (Å²) < 4.78 is 28.0. The Morgan fingerprint density at radius 1 is 1.19 bits per heavy atom. The monoisotopic (exact) mass is 388 g/mol. The second-order valence-corrected chi connectivity index (χ2v) is 9.08. The van der Waals surface area contributed by atoms with Crippen LogP contribution in [0.3, 0.4) is 0 Å². The number of fused-ring (bicyclic) bond motifs is 1. The molecule has 0 spiro atoms. The minimum atomic E-state index is -3.71. The van der Waals surface area contributed by atoms with Crippen LogP contribution in [0.5, 0.6) is 0 Å². The lowest BCUT2D eigenvalue weighted by Crippen LogP contribution is -2.28. The summed E-state index contributed by atoms with van der Waals surface area (Å²) in [5.74, 6) is 0.326. The summed E-state index contributed by atoms with van der Waals surface area (Å²) in [6.45, 7) is 3.76. The molecule has 0 aliphatic carbocycles. The van der Waals surface area contributed by atoms with E-state index in [4.69, 9.17) is 11.6 Å². The normalized spacial score (nSPS) is 18.3. The Hall–Kier alpha value is -1.82. The molecule has 1 aliphatic rings. The summed E-state index contributed by atoms with van der Waals surface area (Å²) >= 11 is 6.17. The van der Waals surface area contributed by atoms with Crippen molar-refractivity contribution in [1.82, 2.24) is 9.29 Å². The highest BCUT2D eigenvalue weighted by Crippen LogP contribution is 2.34. The minimum Gasteiger partial charge on any atom is -0.316 e. The lowest BCUT2D eigenvalue weighted by atomic mass is 9.91. The molecule has 0 saturated carbocycles. The van der Waals surface area contributed by atoms with Crippen LogP contribution in [0.2, 0.25) is 5.02 Å². The van der Waals surface area contributed by atoms with Gasteiger partial charge in [-0.2, -0.15) is 0 Å². The van der Waals surface area contributed by atoms with Crippen LogP contribution in [0.1, 0.15) is 29.9 Å². The number of para-hydroxylation sites is 1. The summed E-state index contributed by atoms with van der Waals surface area (Å²) in [4.78, 5) is 0.210. The van der Waals surface area contributed by atoms with Crippen molar-refractivity contribution in [2.75, 3.05) is 13.1 Å². The van der Waals surface area contributed by atoms with E-state index >= 15 is 0 Å². The zero-order valence-corrected chi connectivity index (χ0v) is 16.1. The van der Waals surface area contributed by atoms with Crippen LogP contribution in [0, 0.1) is 6.92 Å². The van der Waals surface area contributed by atoms with Crippen molar-refractivity contribution in [2.24, 2.45) is 0 Å². The van der Waals surface area contributed by atoms with Gasteiger partial charge in [-0.3, -0.25) is 0 Å². The van der Waals surface area contributed by atoms with Crippen molar-refractivity contribution < 1.29 is 8.42 Å². The van der Waals surface area contributed by atoms with E-state index in [1.807, 2.05) is 31.2 Å². The standard InChI is InChI=1S/C20H21ClN2O2S/c1-14-8-9-16(11-19(14)21)26(24,25)23-13-18(15-5-4-10-22-12-15)17-6-2-3-7-20(17)23/h2-3,6-9,11,13,15,22H,4-5,10,12H2,1H3. The highest BCUT2D eigenvalue weighted by Gasteiger charge is 2.25. The smallest absolute Gasteiger partial charge is 0.268 e. The summed E-state index contributed by atoms with van der Waals surface area (Å²) in [5.41, 5.74) is 2.66. The van der Waals surface area contributed by atoms with E-state index in [2.05, 4.69) is 5.32 Å². The van der Waals surface area contributed by atoms with Gasteiger partial charge in [0.05, 0.1) is 10.4 Å². The maximum atomic E-state index is 13.3. The fourth-order valence-corrected chi connectivity index (χ4v) is 5.31. The highest BCUT2D eigenvalue weighted by molar-refractivity contribution is 7.90. The Labute approximate surface area is 158 Å². The SMILES string of the molecule is Cc1ccc(S(=O)(=O)n2cc(C3CCCNC3)c3ccccc32)cc1Cl. The number of nitrogens with one attached hydrogen (secondary N) is 1. The number of benzene rings is 2. The van der Waals surface area contributed by atoms with Gasteiger partial charge >= 0.3 is 0 Å². The Balaban J connectivity index is 1.89. The van der Waals surface area contributed by atoms with Crippen LogP contribution in [0.25, 0.3) is 10.9 Å². The lowest BCUT2D eigenvalue weighted by Gasteiger charge is -2.22. The van der Waals surface area contributed by atoms with Crippen LogP contribution < -0.4 is 5.32 Å². The molecule has 136 valence electrons. The number of hydrogen-bond acceptors (Lipinski definition) is 3. The minimum absolute atomic E-state index is 0.210. The molecule has 1 unspecified atom stereocenters. The summed E-state index contributed by atoms with van der Waals surface area (Å²) in [7, 11) is -3.71. The lowest BCUT2D eigenvalue weighted by molar-refractivity contribution is 0.463. The Morgan fingerprint density at radius 2 is 2.00 bits per heavy atom. The van der Waals surface area contributed by atoms with Gasteiger partial charge in [0.2, 0.25) is 0 Å². The van der Waals surface area contributed by atoms with Gasteiger partial charge in [0.15, 0.2) is 0 Å². The molecule has 1 N–H and O–H groups in total. The maximum Gasteiger partial charge on any atom is 0.268 e. The molecule has 2 aromatic carbocycles. The Kier molecular flexibility index (Phi) is 4.55. The number of aromatic nitrogens is 1. The highest BCUT2D eigenvalue weighted by atomic mass is 35.5. The van der Waals surface area contributed by atoms with Crippen molar-refractivity contribution in [3.05, 3.63) is 64.8 Å². The predicted octanol–water partition coefficient (Wildman–Crippen LogP) is 4.31. The second kappa shape index (κ2) is 6.72. The number of halogens is 1. The first-order valence-electron chi connectivity index (χ1n) is 8.81. The molecule has 1 atom stereocenters. The first-order valence-corrected chi connectivity index (χ1v) is 10.6. The van der Waals surface area contributed by atoms with E-state index < -0.39 is 10.0 Å². The third-order valence-corrected chi connectivity index (χ3v) is 7.22. The second-order valence-electron chi connectivity index (χ2n) is 6.86. The average Bonchev–Trinajstić information content (AvgIpc) is 3.05. The molecule has 1 saturated heterocycles. The van der Waals surface area contributed by atoms with E-state index in [0.29, 0.717) is 16.5 Å². The van der Waals surface area contributed by atoms with Gasteiger partial charge in [0.25, 0.3) is 10.0 Å². The summed E-state index contributed by atoms with van der Waals surface area (Å²) in [6.07, 6.45) is 3.97. The third kappa shape index (κ3) is 2.94. The molecule has 0 amide bonds. The van der Waals surface area contributed by atoms with E-state index in [9.17, 15) is 8.42 Å². The number of rotatable bonds is 3. The topological polar surface area (TPSA) is 51.1 Å². The molecular formula is C20H21ClN2O2S. The largest absolute Gasteiger partial charge is 0.316 e. The zero-order chi connectivity index (χ0) is 18.3. The molecule has 1 aromatic heterocycles. The first-order chi connectivity index (χ1) is 12.5. The molecule has 1 aliphatic heterocycles. The van der Waals surface area contributed by atoms with Gasteiger partial charge in [0, 0.05) is 23.2 Å². The molecule has 0 radical (unpaired) electrons. The number of aryl methyl sites for hydroxylation is 1. The van der Waals surface area contributed by atoms with Crippen molar-refractivity contribution in [3.63, 3.8) is 0 Å². The molecule has 2 heterocycles. The van der Waals surface area contributed by atoms with Gasteiger partial charge in [-0.25, -0.2) is 12.4 Å². The number of nitrogens with zero attached hydrogens (tertiary/aromatic N) is 1. The van der Waals surface area contributed by atoms with E-state index in [1.54, 1.807) is 18.3 Å². The van der Waals surface area contributed by atoms with Crippen LogP contribution >= 0.6 is 11.6 Å². The van der Waals surface area contributed by atoms with Crippen molar-refractivity contribution in [1.29, 1.82) is 0 Å². The van der Waals surface area contributed by atoms with Crippen LogP contribution in [-0.4, -0.2) is 25.5 Å². The molecular weight excluding hydrogens is 368 g/mol. The zero-order valence-electron chi connectivity index (χ0n) is 14.6. The molecule has 0 bridgehead atoms. The van der Waals surface area contributed by atoms with Crippen molar-refractivity contribution in [2.45, 2.75) is 30.6 Å². The molecule has 4 nitrogen and oxygen atoms in total. The van der Waals surface area contributed by atoms with Gasteiger partial charge in [-0.05, 0) is 61.6 Å². The number of hydrogen-bond donors (Lipinski definition) is 1. The summed E-state index contributed by atoms with van der Waals surface area (Å²) in [5, 5.41) is 4.88. The average molecular weight is 389 g/mol. The van der Waals surface area contributed by atoms with Gasteiger partial charge in [-0.15, -0.1) is 0 Å². The maximum absolute atomic E-state index is 13.3. The van der Waals surface area contributed by atoms with Crippen molar-refractivity contribution in [3.8, 4) is 0 Å². The quantitative estimate of drug-likeness (QED) is 0.727. The predicted molar refractivity (Wildman–Crippen MR) is 106 cm³/mol. The third-order valence-electron chi connectivity index (χ3n) is 5.15. The molecule has 4 rings (SSSR count). The van der Waals surface area contributed by atoms with Crippen LogP contribution in [0.15, 0.2) is 53.6 Å². The van der Waals surface area contributed by atoms with E-state index in [1.165, 1.54) is 10.0 Å². The first kappa shape index (κ1) is 17.6.